The van der Waals surface area contributed by atoms with Crippen LogP contribution in [0.1, 0.15) is 39.5 Å². The molecule has 22 heavy (non-hydrogen) atoms. The maximum atomic E-state index is 12.4. The number of carboxylic acids is 1. The number of hydrogen-bond acceptors (Lipinski definition) is 3. The third-order valence-electron chi connectivity index (χ3n) is 4.34. The molecular weight excluding hydrogens is 282 g/mol. The normalized spacial score (nSPS) is 26.0. The predicted molar refractivity (Wildman–Crippen MR) is 82.7 cm³/mol. The average molecular weight is 305 g/mol. The van der Waals surface area contributed by atoms with E-state index in [9.17, 15) is 14.7 Å². The van der Waals surface area contributed by atoms with Crippen LogP contribution in [0.4, 0.5) is 0 Å². The minimum Gasteiger partial charge on any atom is -0.481 e. The summed E-state index contributed by atoms with van der Waals surface area (Å²) in [5.74, 6) is -1.05. The summed E-state index contributed by atoms with van der Waals surface area (Å²) >= 11 is 0. The minimum absolute atomic E-state index is 0.278. The molecule has 0 aliphatic heterocycles. The van der Waals surface area contributed by atoms with Crippen LogP contribution < -0.4 is 10.1 Å². The highest BCUT2D eigenvalue weighted by molar-refractivity contribution is 5.83. The largest absolute Gasteiger partial charge is 0.481 e. The van der Waals surface area contributed by atoms with E-state index in [0.717, 1.165) is 12.8 Å². The summed E-state index contributed by atoms with van der Waals surface area (Å²) < 4.78 is 5.60. The lowest BCUT2D eigenvalue weighted by atomic mass is 9.74. The van der Waals surface area contributed by atoms with Crippen LogP contribution in [0, 0.1) is 5.92 Å². The van der Waals surface area contributed by atoms with Gasteiger partial charge in [0.05, 0.1) is 11.5 Å². The van der Waals surface area contributed by atoms with Crippen LogP contribution in [0.3, 0.4) is 0 Å². The number of amides is 1. The van der Waals surface area contributed by atoms with Crippen LogP contribution in [0.25, 0.3) is 0 Å². The van der Waals surface area contributed by atoms with E-state index in [2.05, 4.69) is 5.32 Å². The lowest BCUT2D eigenvalue weighted by Gasteiger charge is -2.40. The molecule has 3 unspecified atom stereocenters. The van der Waals surface area contributed by atoms with Gasteiger partial charge in [-0.05, 0) is 38.8 Å². The molecule has 1 aliphatic rings. The van der Waals surface area contributed by atoms with Crippen molar-refractivity contribution < 1.29 is 19.4 Å². The van der Waals surface area contributed by atoms with Gasteiger partial charge in [-0.2, -0.15) is 0 Å². The Hall–Kier alpha value is -2.04. The van der Waals surface area contributed by atoms with Crippen molar-refractivity contribution >= 4 is 11.9 Å². The highest BCUT2D eigenvalue weighted by atomic mass is 16.5. The Kier molecular flexibility index (Phi) is 5.06. The number of benzene rings is 1. The Balaban J connectivity index is 2.01. The fraction of sp³-hybridized carbons (Fsp3) is 0.529. The van der Waals surface area contributed by atoms with Crippen molar-refractivity contribution in [2.24, 2.45) is 5.92 Å². The molecule has 120 valence electrons. The third kappa shape index (κ3) is 3.78. The van der Waals surface area contributed by atoms with Gasteiger partial charge in [-0.15, -0.1) is 0 Å². The van der Waals surface area contributed by atoms with Gasteiger partial charge in [0.2, 0.25) is 0 Å². The van der Waals surface area contributed by atoms with Crippen LogP contribution >= 0.6 is 0 Å². The van der Waals surface area contributed by atoms with Crippen LogP contribution in [-0.2, 0) is 9.59 Å². The van der Waals surface area contributed by atoms with Gasteiger partial charge in [0.15, 0.2) is 6.10 Å². The molecule has 5 heteroatoms. The lowest BCUT2D eigenvalue weighted by molar-refractivity contribution is -0.147. The Bertz CT molecular complexity index is 531. The van der Waals surface area contributed by atoms with Crippen molar-refractivity contribution in [3.63, 3.8) is 0 Å². The van der Waals surface area contributed by atoms with Crippen LogP contribution in [-0.4, -0.2) is 28.6 Å². The number of nitrogens with one attached hydrogen (secondary N) is 1. The summed E-state index contributed by atoms with van der Waals surface area (Å²) in [6.45, 7) is 3.49. The molecule has 1 saturated carbocycles. The van der Waals surface area contributed by atoms with E-state index in [1.807, 2.05) is 25.1 Å². The van der Waals surface area contributed by atoms with E-state index >= 15 is 0 Å². The first-order valence-electron chi connectivity index (χ1n) is 7.69. The number of aliphatic carboxylic acids is 1. The second-order valence-electron chi connectivity index (χ2n) is 6.12. The Morgan fingerprint density at radius 1 is 1.32 bits per heavy atom. The third-order valence-corrected chi connectivity index (χ3v) is 4.34. The van der Waals surface area contributed by atoms with E-state index in [0.29, 0.717) is 18.6 Å². The minimum atomic E-state index is -0.848. The topological polar surface area (TPSA) is 75.6 Å². The maximum Gasteiger partial charge on any atom is 0.308 e. The maximum absolute atomic E-state index is 12.4. The summed E-state index contributed by atoms with van der Waals surface area (Å²) in [5, 5.41) is 12.3. The average Bonchev–Trinajstić information content (AvgIpc) is 2.47. The molecule has 0 heterocycles. The Morgan fingerprint density at radius 3 is 2.64 bits per heavy atom. The van der Waals surface area contributed by atoms with E-state index in [4.69, 9.17) is 4.74 Å². The molecule has 0 spiro atoms. The number of ether oxygens (including phenoxy) is 1. The van der Waals surface area contributed by atoms with Crippen molar-refractivity contribution in [1.82, 2.24) is 5.32 Å². The second kappa shape index (κ2) is 6.81. The van der Waals surface area contributed by atoms with Crippen molar-refractivity contribution in [3.8, 4) is 5.75 Å². The summed E-state index contributed by atoms with van der Waals surface area (Å²) in [6, 6.07) is 9.11. The fourth-order valence-corrected chi connectivity index (χ4v) is 3.02. The fourth-order valence-electron chi connectivity index (χ4n) is 3.02. The quantitative estimate of drug-likeness (QED) is 0.877. The molecule has 5 nitrogen and oxygen atoms in total. The summed E-state index contributed by atoms with van der Waals surface area (Å²) in [4.78, 5) is 23.8. The Morgan fingerprint density at radius 2 is 2.00 bits per heavy atom. The number of hydrogen-bond donors (Lipinski definition) is 2. The van der Waals surface area contributed by atoms with Crippen molar-refractivity contribution in [3.05, 3.63) is 30.3 Å². The molecule has 1 amide bonds. The molecule has 0 bridgehead atoms. The van der Waals surface area contributed by atoms with Gasteiger partial charge in [0.25, 0.3) is 5.91 Å². The second-order valence-corrected chi connectivity index (χ2v) is 6.12. The number of carbonyl (C=O) groups is 2. The van der Waals surface area contributed by atoms with Gasteiger partial charge in [-0.3, -0.25) is 9.59 Å². The first kappa shape index (κ1) is 16.3. The van der Waals surface area contributed by atoms with Crippen molar-refractivity contribution in [2.75, 3.05) is 0 Å². The molecule has 1 aliphatic carbocycles. The molecule has 1 aromatic rings. The zero-order valence-corrected chi connectivity index (χ0v) is 13.0. The highest BCUT2D eigenvalue weighted by Crippen LogP contribution is 2.34. The van der Waals surface area contributed by atoms with Crippen LogP contribution in [0.15, 0.2) is 30.3 Å². The van der Waals surface area contributed by atoms with E-state index < -0.39 is 23.5 Å². The number of carboxylic acid groups (broad SMARTS) is 1. The lowest BCUT2D eigenvalue weighted by Crippen LogP contribution is -2.57. The van der Waals surface area contributed by atoms with Crippen molar-refractivity contribution in [2.45, 2.75) is 51.2 Å². The van der Waals surface area contributed by atoms with Crippen molar-refractivity contribution in [1.29, 1.82) is 0 Å². The zero-order chi connectivity index (χ0) is 16.2. The van der Waals surface area contributed by atoms with E-state index in [-0.39, 0.29) is 5.91 Å². The SMILES string of the molecule is CC(Oc1ccccc1)C(=O)NC1(C)CCCCC1C(=O)O. The van der Waals surface area contributed by atoms with Gasteiger partial charge >= 0.3 is 5.97 Å². The first-order valence-corrected chi connectivity index (χ1v) is 7.69. The smallest absolute Gasteiger partial charge is 0.308 e. The molecule has 1 fully saturated rings. The van der Waals surface area contributed by atoms with E-state index in [1.165, 1.54) is 0 Å². The van der Waals surface area contributed by atoms with Crippen LogP contribution in [0.5, 0.6) is 5.75 Å². The molecule has 0 saturated heterocycles. The van der Waals surface area contributed by atoms with Gasteiger partial charge in [-0.25, -0.2) is 0 Å². The summed E-state index contributed by atoms with van der Waals surface area (Å²) in [6.07, 6.45) is 2.41. The highest BCUT2D eigenvalue weighted by Gasteiger charge is 2.42. The zero-order valence-electron chi connectivity index (χ0n) is 13.0. The first-order chi connectivity index (χ1) is 10.4. The van der Waals surface area contributed by atoms with Gasteiger partial charge in [-0.1, -0.05) is 31.0 Å². The standard InChI is InChI=1S/C17H23NO4/c1-12(22-13-8-4-3-5-9-13)15(19)18-17(2)11-7-6-10-14(17)16(20)21/h3-5,8-9,12,14H,6-7,10-11H2,1-2H3,(H,18,19)(H,20,21). The molecule has 2 rings (SSSR count). The van der Waals surface area contributed by atoms with Gasteiger partial charge in [0.1, 0.15) is 5.75 Å². The van der Waals surface area contributed by atoms with Gasteiger partial charge < -0.3 is 15.2 Å². The molecule has 3 atom stereocenters. The monoisotopic (exact) mass is 305 g/mol. The molecule has 2 N–H and O–H groups in total. The number of rotatable bonds is 5. The summed E-state index contributed by atoms with van der Waals surface area (Å²) in [5.41, 5.74) is -0.713. The van der Waals surface area contributed by atoms with Gasteiger partial charge in [0, 0.05) is 0 Å². The predicted octanol–water partition coefficient (Wildman–Crippen LogP) is 2.60. The molecule has 0 radical (unpaired) electrons. The molecule has 1 aromatic carbocycles. The Labute approximate surface area is 130 Å². The summed E-state index contributed by atoms with van der Waals surface area (Å²) in [7, 11) is 0. The van der Waals surface area contributed by atoms with Crippen LogP contribution in [0.2, 0.25) is 0 Å². The number of carbonyl (C=O) groups excluding carboxylic acids is 1. The molecule has 0 aromatic heterocycles. The molecular formula is C17H23NO4. The van der Waals surface area contributed by atoms with E-state index in [1.54, 1.807) is 19.1 Å². The number of para-hydroxylation sites is 1.